The van der Waals surface area contributed by atoms with Crippen LogP contribution in [0, 0.1) is 0 Å². The summed E-state index contributed by atoms with van der Waals surface area (Å²) in [7, 11) is -1.22. The van der Waals surface area contributed by atoms with Gasteiger partial charge in [0, 0.05) is 47.5 Å². The Morgan fingerprint density at radius 3 is 2.84 bits per heavy atom. The molecule has 3 heterocycles. The largest absolute Gasteiger partial charge is 0.399 e. The van der Waals surface area contributed by atoms with Crippen LogP contribution in [0.2, 0.25) is 5.02 Å². The lowest BCUT2D eigenvalue weighted by Gasteiger charge is -2.16. The van der Waals surface area contributed by atoms with Gasteiger partial charge in [0.15, 0.2) is 0 Å². The van der Waals surface area contributed by atoms with E-state index in [0.29, 0.717) is 28.9 Å². The molecule has 2 unspecified atom stereocenters. The highest BCUT2D eigenvalue weighted by Crippen LogP contribution is 2.32. The quantitative estimate of drug-likeness (QED) is 0.396. The first-order valence-corrected chi connectivity index (χ1v) is 11.4. The number of anilines is 2. The number of halogens is 1. The van der Waals surface area contributed by atoms with Crippen molar-refractivity contribution < 1.29 is 4.21 Å². The van der Waals surface area contributed by atoms with Gasteiger partial charge in [-0.2, -0.15) is 0 Å². The molecule has 1 fully saturated rings. The lowest BCUT2D eigenvalue weighted by Crippen LogP contribution is -2.28. The molecular weight excluding hydrogens is 432 g/mol. The molecule has 5 rings (SSSR count). The van der Waals surface area contributed by atoms with Crippen molar-refractivity contribution in [2.75, 3.05) is 24.1 Å². The summed E-state index contributed by atoms with van der Waals surface area (Å²) in [6.07, 6.45) is 4.37. The second-order valence-electron chi connectivity index (χ2n) is 7.47. The molecule has 4 aromatic rings. The van der Waals surface area contributed by atoms with Crippen molar-refractivity contribution in [1.29, 1.82) is 0 Å². The molecule has 9 heteroatoms. The van der Waals surface area contributed by atoms with Crippen molar-refractivity contribution in [3.8, 4) is 11.3 Å². The topological polar surface area (TPSA) is 99.9 Å². The fraction of sp³-hybridized carbons (Fsp3) is 0.182. The lowest BCUT2D eigenvalue weighted by atomic mass is 10.1. The molecule has 1 saturated heterocycles. The minimum Gasteiger partial charge on any atom is -0.399 e. The maximum Gasteiger partial charge on any atom is 0.223 e. The third kappa shape index (κ3) is 4.01. The van der Waals surface area contributed by atoms with Crippen LogP contribution in [0.1, 0.15) is 6.42 Å². The zero-order chi connectivity index (χ0) is 21.4. The minimum atomic E-state index is -1.22. The van der Waals surface area contributed by atoms with E-state index >= 15 is 0 Å². The van der Waals surface area contributed by atoms with E-state index in [0.717, 1.165) is 34.3 Å². The van der Waals surface area contributed by atoms with Crippen LogP contribution in [0.25, 0.3) is 22.2 Å². The van der Waals surface area contributed by atoms with Gasteiger partial charge in [-0.15, -0.1) is 0 Å². The molecule has 1 aliphatic rings. The summed E-state index contributed by atoms with van der Waals surface area (Å²) in [5.41, 5.74) is 9.03. The second-order valence-corrected chi connectivity index (χ2v) is 9.37. The number of nitrogen functional groups attached to an aromatic ring is 1. The summed E-state index contributed by atoms with van der Waals surface area (Å²) in [5.74, 6) is 0.509. The number of aromatic nitrogens is 3. The SMILES string of the molecule is Nc1ccc(S(=O)N2CCC(Nc3ncc(Cl)c(-c4c[nH]c5ccccc45)n3)C2)cc1. The predicted octanol–water partition coefficient (Wildman–Crippen LogP) is 4.07. The molecule has 158 valence electrons. The van der Waals surface area contributed by atoms with Gasteiger partial charge in [0.25, 0.3) is 0 Å². The van der Waals surface area contributed by atoms with Gasteiger partial charge in [0.1, 0.15) is 11.0 Å². The summed E-state index contributed by atoms with van der Waals surface area (Å²) in [6.45, 7) is 1.35. The Labute approximate surface area is 187 Å². The minimum absolute atomic E-state index is 0.0923. The van der Waals surface area contributed by atoms with Crippen LogP contribution in [-0.2, 0) is 11.0 Å². The molecule has 7 nitrogen and oxygen atoms in total. The first-order valence-electron chi connectivity index (χ1n) is 9.96. The number of H-pyrrole nitrogens is 1. The van der Waals surface area contributed by atoms with E-state index in [1.807, 2.05) is 46.9 Å². The van der Waals surface area contributed by atoms with Gasteiger partial charge >= 0.3 is 0 Å². The molecule has 2 aromatic carbocycles. The number of benzene rings is 2. The smallest absolute Gasteiger partial charge is 0.223 e. The van der Waals surface area contributed by atoms with E-state index in [4.69, 9.17) is 17.3 Å². The number of aromatic amines is 1. The zero-order valence-electron chi connectivity index (χ0n) is 16.6. The Bertz CT molecular complexity index is 1260. The summed E-state index contributed by atoms with van der Waals surface area (Å²) in [4.78, 5) is 13.0. The molecule has 0 saturated carbocycles. The van der Waals surface area contributed by atoms with Gasteiger partial charge < -0.3 is 16.0 Å². The number of para-hydroxylation sites is 1. The number of fused-ring (bicyclic) bond motifs is 1. The third-order valence-corrected chi connectivity index (χ3v) is 7.14. The highest BCUT2D eigenvalue weighted by molar-refractivity contribution is 7.82. The van der Waals surface area contributed by atoms with E-state index in [2.05, 4.69) is 20.3 Å². The van der Waals surface area contributed by atoms with Crippen molar-refractivity contribution in [1.82, 2.24) is 19.3 Å². The Morgan fingerprint density at radius 2 is 2.00 bits per heavy atom. The molecular formula is C22H21ClN6OS. The van der Waals surface area contributed by atoms with E-state index in [-0.39, 0.29) is 6.04 Å². The second kappa shape index (κ2) is 8.30. The molecule has 0 aliphatic carbocycles. The van der Waals surface area contributed by atoms with Crippen molar-refractivity contribution in [3.05, 3.63) is 65.9 Å². The first kappa shape index (κ1) is 20.0. The van der Waals surface area contributed by atoms with E-state index in [1.165, 1.54) is 0 Å². The van der Waals surface area contributed by atoms with Crippen LogP contribution in [-0.4, -0.2) is 42.6 Å². The Balaban J connectivity index is 1.33. The normalized spacial score (nSPS) is 17.8. The third-order valence-electron chi connectivity index (χ3n) is 5.39. The first-order chi connectivity index (χ1) is 15.1. The monoisotopic (exact) mass is 452 g/mol. The van der Waals surface area contributed by atoms with Crippen LogP contribution in [0.3, 0.4) is 0 Å². The Morgan fingerprint density at radius 1 is 1.19 bits per heavy atom. The highest BCUT2D eigenvalue weighted by atomic mass is 35.5. The van der Waals surface area contributed by atoms with Crippen LogP contribution in [0.5, 0.6) is 0 Å². The van der Waals surface area contributed by atoms with Crippen molar-refractivity contribution in [2.45, 2.75) is 17.4 Å². The summed E-state index contributed by atoms with van der Waals surface area (Å²) in [6, 6.07) is 15.3. The Hall–Kier alpha value is -2.94. The van der Waals surface area contributed by atoms with Crippen molar-refractivity contribution in [2.24, 2.45) is 0 Å². The number of nitrogens with two attached hydrogens (primary N) is 1. The van der Waals surface area contributed by atoms with Crippen LogP contribution < -0.4 is 11.1 Å². The summed E-state index contributed by atoms with van der Waals surface area (Å²) in [5, 5.41) is 4.93. The van der Waals surface area contributed by atoms with Gasteiger partial charge in [-0.05, 0) is 36.8 Å². The lowest BCUT2D eigenvalue weighted by molar-refractivity contribution is 0.530. The zero-order valence-corrected chi connectivity index (χ0v) is 18.2. The van der Waals surface area contributed by atoms with E-state index < -0.39 is 11.0 Å². The standard InChI is InChI=1S/C22H21ClN6OS/c23-19-12-26-22(28-21(19)18-11-25-20-4-2-1-3-17(18)20)27-15-9-10-29(13-15)31(30)16-7-5-14(24)6-8-16/h1-8,11-12,15,25H,9-10,13,24H2,(H,26,27,28). The van der Waals surface area contributed by atoms with Crippen molar-refractivity contribution >= 4 is 45.1 Å². The number of hydrogen-bond acceptors (Lipinski definition) is 5. The molecule has 31 heavy (non-hydrogen) atoms. The molecule has 2 aromatic heterocycles. The number of nitrogens with one attached hydrogen (secondary N) is 2. The molecule has 0 radical (unpaired) electrons. The average molecular weight is 453 g/mol. The number of nitrogens with zero attached hydrogens (tertiary/aromatic N) is 3. The van der Waals surface area contributed by atoms with E-state index in [1.54, 1.807) is 18.3 Å². The van der Waals surface area contributed by atoms with Crippen LogP contribution in [0.4, 0.5) is 11.6 Å². The average Bonchev–Trinajstić information content (AvgIpc) is 3.42. The van der Waals surface area contributed by atoms with Gasteiger partial charge in [0.05, 0.1) is 21.8 Å². The number of rotatable bonds is 5. The molecule has 4 N–H and O–H groups in total. The molecule has 2 atom stereocenters. The summed E-state index contributed by atoms with van der Waals surface area (Å²) < 4.78 is 14.8. The van der Waals surface area contributed by atoms with Gasteiger partial charge in [-0.1, -0.05) is 29.8 Å². The van der Waals surface area contributed by atoms with Gasteiger partial charge in [-0.25, -0.2) is 18.5 Å². The maximum absolute atomic E-state index is 12.9. The molecule has 1 aliphatic heterocycles. The van der Waals surface area contributed by atoms with Gasteiger partial charge in [-0.3, -0.25) is 0 Å². The van der Waals surface area contributed by atoms with Gasteiger partial charge in [0.2, 0.25) is 5.95 Å². The van der Waals surface area contributed by atoms with E-state index in [9.17, 15) is 4.21 Å². The Kier molecular flexibility index (Phi) is 5.35. The maximum atomic E-state index is 12.9. The fourth-order valence-electron chi connectivity index (χ4n) is 3.81. The van der Waals surface area contributed by atoms with Crippen LogP contribution >= 0.6 is 11.6 Å². The van der Waals surface area contributed by atoms with Crippen molar-refractivity contribution in [3.63, 3.8) is 0 Å². The molecule has 0 amide bonds. The molecule has 0 bridgehead atoms. The summed E-state index contributed by atoms with van der Waals surface area (Å²) >= 11 is 6.42. The highest BCUT2D eigenvalue weighted by Gasteiger charge is 2.28. The number of hydrogen-bond donors (Lipinski definition) is 3. The fourth-order valence-corrected chi connectivity index (χ4v) is 5.25. The predicted molar refractivity (Wildman–Crippen MR) is 125 cm³/mol. The molecule has 0 spiro atoms. The van der Waals surface area contributed by atoms with Crippen LogP contribution in [0.15, 0.2) is 65.8 Å².